The van der Waals surface area contributed by atoms with Crippen LogP contribution in [0.3, 0.4) is 0 Å². The van der Waals surface area contributed by atoms with E-state index in [2.05, 4.69) is 15.5 Å². The molecule has 2 heterocycles. The van der Waals surface area contributed by atoms with E-state index in [9.17, 15) is 4.79 Å². The first-order chi connectivity index (χ1) is 15.0. The van der Waals surface area contributed by atoms with Crippen molar-refractivity contribution in [1.82, 2.24) is 10.1 Å². The fourth-order valence-corrected chi connectivity index (χ4v) is 2.80. The highest BCUT2D eigenvalue weighted by Crippen LogP contribution is 2.30. The average molecular weight is 427 g/mol. The third-order valence-corrected chi connectivity index (χ3v) is 4.52. The minimum Gasteiger partial charge on any atom is -0.493 e. The Balaban J connectivity index is 1.71. The highest BCUT2D eigenvalue weighted by atomic mass is 16.5. The van der Waals surface area contributed by atoms with Crippen LogP contribution in [0.25, 0.3) is 0 Å². The Bertz CT molecular complexity index is 1010. The molecule has 1 N–H and O–H groups in total. The maximum atomic E-state index is 12.8. The highest BCUT2D eigenvalue weighted by Gasteiger charge is 2.16. The van der Waals surface area contributed by atoms with Crippen molar-refractivity contribution in [3.63, 3.8) is 0 Å². The Morgan fingerprint density at radius 3 is 2.65 bits per heavy atom. The van der Waals surface area contributed by atoms with Gasteiger partial charge in [0.1, 0.15) is 24.7 Å². The lowest BCUT2D eigenvalue weighted by atomic mass is 10.1. The number of carbonyl (C=O) groups excluding carboxylic acids is 1. The number of amides is 1. The van der Waals surface area contributed by atoms with Gasteiger partial charge in [0.25, 0.3) is 5.91 Å². The minimum absolute atomic E-state index is 0.279. The van der Waals surface area contributed by atoms with E-state index in [1.54, 1.807) is 43.6 Å². The zero-order valence-corrected chi connectivity index (χ0v) is 17.9. The van der Waals surface area contributed by atoms with Crippen LogP contribution in [-0.2, 0) is 11.3 Å². The van der Waals surface area contributed by atoms with Crippen molar-refractivity contribution in [3.05, 3.63) is 59.1 Å². The Hall–Kier alpha value is -3.59. The Kier molecular flexibility index (Phi) is 7.45. The third kappa shape index (κ3) is 5.52. The Labute approximate surface area is 180 Å². The quantitative estimate of drug-likeness (QED) is 0.490. The Morgan fingerprint density at radius 2 is 1.94 bits per heavy atom. The average Bonchev–Trinajstić information content (AvgIpc) is 3.10. The van der Waals surface area contributed by atoms with Crippen LogP contribution in [0, 0.1) is 13.8 Å². The molecule has 0 radical (unpaired) electrons. The number of pyridine rings is 1. The van der Waals surface area contributed by atoms with Crippen LogP contribution in [0.4, 0.5) is 5.69 Å². The smallest absolute Gasteiger partial charge is 0.255 e. The summed E-state index contributed by atoms with van der Waals surface area (Å²) in [7, 11) is 3.10. The molecule has 0 aliphatic rings. The van der Waals surface area contributed by atoms with Crippen molar-refractivity contribution in [1.29, 1.82) is 0 Å². The van der Waals surface area contributed by atoms with Crippen LogP contribution in [0.1, 0.15) is 27.4 Å². The van der Waals surface area contributed by atoms with Gasteiger partial charge in [0, 0.05) is 18.9 Å². The molecule has 1 amide bonds. The molecule has 3 aromatic rings. The summed E-state index contributed by atoms with van der Waals surface area (Å²) in [5.41, 5.74) is 2.50. The summed E-state index contributed by atoms with van der Waals surface area (Å²) in [4.78, 5) is 16.9. The normalized spacial score (nSPS) is 10.6. The molecule has 0 fully saturated rings. The van der Waals surface area contributed by atoms with Gasteiger partial charge in [-0.15, -0.1) is 0 Å². The molecule has 1 aromatic carbocycles. The van der Waals surface area contributed by atoms with Crippen LogP contribution < -0.4 is 19.5 Å². The second kappa shape index (κ2) is 10.4. The molecule has 0 saturated carbocycles. The van der Waals surface area contributed by atoms with E-state index >= 15 is 0 Å². The monoisotopic (exact) mass is 427 g/mol. The molecule has 0 bridgehead atoms. The lowest BCUT2D eigenvalue weighted by Crippen LogP contribution is -2.14. The molecule has 9 heteroatoms. The van der Waals surface area contributed by atoms with Crippen molar-refractivity contribution >= 4 is 11.6 Å². The lowest BCUT2D eigenvalue weighted by molar-refractivity contribution is 0.102. The third-order valence-electron chi connectivity index (χ3n) is 4.52. The van der Waals surface area contributed by atoms with Crippen molar-refractivity contribution in [3.8, 4) is 17.4 Å². The van der Waals surface area contributed by atoms with Crippen LogP contribution in [0.2, 0.25) is 0 Å². The van der Waals surface area contributed by atoms with Gasteiger partial charge in [-0.1, -0.05) is 5.16 Å². The first-order valence-electron chi connectivity index (χ1n) is 9.64. The summed E-state index contributed by atoms with van der Waals surface area (Å²) in [6, 6.07) is 8.38. The van der Waals surface area contributed by atoms with Crippen LogP contribution >= 0.6 is 0 Å². The number of methoxy groups -OCH3 is 2. The van der Waals surface area contributed by atoms with E-state index in [1.165, 1.54) is 7.11 Å². The summed E-state index contributed by atoms with van der Waals surface area (Å²) in [6.45, 7) is 4.69. The summed E-state index contributed by atoms with van der Waals surface area (Å²) in [5, 5.41) is 6.73. The number of carbonyl (C=O) groups is 1. The van der Waals surface area contributed by atoms with Crippen LogP contribution in [0.5, 0.6) is 17.4 Å². The van der Waals surface area contributed by atoms with Gasteiger partial charge in [-0.2, -0.15) is 0 Å². The second-order valence-corrected chi connectivity index (χ2v) is 6.61. The van der Waals surface area contributed by atoms with Crippen LogP contribution in [0.15, 0.2) is 41.1 Å². The molecule has 3 rings (SSSR count). The first-order valence-corrected chi connectivity index (χ1v) is 9.64. The standard InChI is InChI=1S/C22H25N3O6/c1-14-17(15(2)31-25-14)13-30-19-8-7-16(12-20(19)28-4)21(26)24-18-6-5-9-23-22(18)29-11-10-27-3/h5-9,12H,10-11,13H2,1-4H3,(H,24,26). The molecule has 0 spiro atoms. The summed E-state index contributed by atoms with van der Waals surface area (Å²) >= 11 is 0. The van der Waals surface area contributed by atoms with Crippen molar-refractivity contribution < 1.29 is 28.3 Å². The van der Waals surface area contributed by atoms with Gasteiger partial charge < -0.3 is 28.8 Å². The first kappa shape index (κ1) is 22.1. The number of nitrogens with zero attached hydrogens (tertiary/aromatic N) is 2. The number of hydrogen-bond donors (Lipinski definition) is 1. The number of rotatable bonds is 10. The molecular formula is C22H25N3O6. The number of aryl methyl sites for hydroxylation is 2. The maximum Gasteiger partial charge on any atom is 0.255 e. The maximum absolute atomic E-state index is 12.8. The zero-order chi connectivity index (χ0) is 22.2. The summed E-state index contributed by atoms with van der Waals surface area (Å²) < 4.78 is 27.0. The molecule has 164 valence electrons. The minimum atomic E-state index is -0.333. The number of anilines is 1. The number of aromatic nitrogens is 2. The summed E-state index contributed by atoms with van der Waals surface area (Å²) in [6.07, 6.45) is 1.59. The van der Waals surface area contributed by atoms with E-state index in [1.807, 2.05) is 13.8 Å². The van der Waals surface area contributed by atoms with Gasteiger partial charge in [0.2, 0.25) is 5.88 Å². The molecule has 0 unspecified atom stereocenters. The Morgan fingerprint density at radius 1 is 1.10 bits per heavy atom. The SMILES string of the molecule is COCCOc1ncccc1NC(=O)c1ccc(OCc2c(C)noc2C)c(OC)c1. The van der Waals surface area contributed by atoms with Gasteiger partial charge in [-0.25, -0.2) is 4.98 Å². The topological polar surface area (TPSA) is 105 Å². The van der Waals surface area contributed by atoms with Gasteiger partial charge in [-0.3, -0.25) is 4.79 Å². The number of hydrogen-bond acceptors (Lipinski definition) is 8. The van der Waals surface area contributed by atoms with Crippen molar-refractivity contribution in [2.75, 3.05) is 32.8 Å². The van der Waals surface area contributed by atoms with Gasteiger partial charge in [0.05, 0.1) is 25.0 Å². The molecule has 31 heavy (non-hydrogen) atoms. The molecular weight excluding hydrogens is 402 g/mol. The molecule has 0 aliphatic heterocycles. The van der Waals surface area contributed by atoms with E-state index in [4.69, 9.17) is 23.5 Å². The molecule has 0 aliphatic carbocycles. The van der Waals surface area contributed by atoms with E-state index in [0.29, 0.717) is 47.6 Å². The summed E-state index contributed by atoms with van der Waals surface area (Å²) in [5.74, 6) is 1.62. The van der Waals surface area contributed by atoms with E-state index in [0.717, 1.165) is 11.3 Å². The number of nitrogens with one attached hydrogen (secondary N) is 1. The largest absolute Gasteiger partial charge is 0.493 e. The van der Waals surface area contributed by atoms with Gasteiger partial charge in [0.15, 0.2) is 11.5 Å². The van der Waals surface area contributed by atoms with Crippen LogP contribution in [-0.4, -0.2) is 43.5 Å². The molecule has 2 aromatic heterocycles. The fourth-order valence-electron chi connectivity index (χ4n) is 2.80. The molecule has 9 nitrogen and oxygen atoms in total. The zero-order valence-electron chi connectivity index (χ0n) is 17.9. The fraction of sp³-hybridized carbons (Fsp3) is 0.318. The van der Waals surface area contributed by atoms with E-state index < -0.39 is 0 Å². The molecule has 0 atom stereocenters. The predicted octanol–water partition coefficient (Wildman–Crippen LogP) is 3.55. The molecule has 0 saturated heterocycles. The van der Waals surface area contributed by atoms with E-state index in [-0.39, 0.29) is 12.5 Å². The van der Waals surface area contributed by atoms with Gasteiger partial charge in [-0.05, 0) is 44.2 Å². The number of ether oxygens (including phenoxy) is 4. The highest BCUT2D eigenvalue weighted by molar-refractivity contribution is 6.05. The number of benzene rings is 1. The second-order valence-electron chi connectivity index (χ2n) is 6.61. The van der Waals surface area contributed by atoms with Crippen molar-refractivity contribution in [2.45, 2.75) is 20.5 Å². The predicted molar refractivity (Wildman–Crippen MR) is 113 cm³/mol. The lowest BCUT2D eigenvalue weighted by Gasteiger charge is -2.13. The van der Waals surface area contributed by atoms with Crippen molar-refractivity contribution in [2.24, 2.45) is 0 Å². The van der Waals surface area contributed by atoms with Gasteiger partial charge >= 0.3 is 0 Å².